The van der Waals surface area contributed by atoms with E-state index in [1.807, 2.05) is 55.4 Å². The Morgan fingerprint density at radius 3 is 2.21 bits per heavy atom. The topological polar surface area (TPSA) is 67.9 Å². The zero-order chi connectivity index (χ0) is 20.1. The molecule has 0 saturated carbocycles. The molecule has 6 heteroatoms. The third kappa shape index (κ3) is 4.40. The molecule has 0 aromatic heterocycles. The van der Waals surface area contributed by atoms with Crippen LogP contribution in [0.15, 0.2) is 60.7 Å². The van der Waals surface area contributed by atoms with E-state index < -0.39 is 11.9 Å². The number of hydrogen-bond donors (Lipinski definition) is 1. The number of amides is 1. The Morgan fingerprint density at radius 1 is 0.964 bits per heavy atom. The SMILES string of the molecule is COc1cc2ccccc2cc1C(=O)OCC(=O)Nc1ccc(N(C)C)cc1. The van der Waals surface area contributed by atoms with Crippen molar-refractivity contribution in [3.05, 3.63) is 66.2 Å². The first-order chi connectivity index (χ1) is 13.5. The first-order valence-electron chi connectivity index (χ1n) is 8.79. The van der Waals surface area contributed by atoms with Crippen molar-refractivity contribution in [1.29, 1.82) is 0 Å². The van der Waals surface area contributed by atoms with Crippen molar-refractivity contribution in [3.8, 4) is 5.75 Å². The molecular weight excluding hydrogens is 356 g/mol. The van der Waals surface area contributed by atoms with Crippen molar-refractivity contribution in [1.82, 2.24) is 0 Å². The predicted molar refractivity (Wildman–Crippen MR) is 110 cm³/mol. The molecule has 3 aromatic rings. The van der Waals surface area contributed by atoms with Gasteiger partial charge in [-0.3, -0.25) is 4.79 Å². The number of methoxy groups -OCH3 is 1. The second-order valence-corrected chi connectivity index (χ2v) is 6.47. The van der Waals surface area contributed by atoms with Crippen molar-refractivity contribution in [2.24, 2.45) is 0 Å². The number of carbonyl (C=O) groups excluding carboxylic acids is 2. The van der Waals surface area contributed by atoms with Crippen molar-refractivity contribution in [2.75, 3.05) is 38.0 Å². The van der Waals surface area contributed by atoms with Crippen molar-refractivity contribution < 1.29 is 19.1 Å². The average molecular weight is 378 g/mol. The molecule has 0 radical (unpaired) electrons. The molecule has 28 heavy (non-hydrogen) atoms. The van der Waals surface area contributed by atoms with Crippen LogP contribution >= 0.6 is 0 Å². The summed E-state index contributed by atoms with van der Waals surface area (Å²) in [6, 6.07) is 18.5. The van der Waals surface area contributed by atoms with E-state index in [2.05, 4.69) is 5.32 Å². The van der Waals surface area contributed by atoms with E-state index in [0.717, 1.165) is 16.5 Å². The molecule has 0 aliphatic heterocycles. The predicted octanol–water partition coefficient (Wildman–Crippen LogP) is 3.71. The molecule has 0 fully saturated rings. The number of fused-ring (bicyclic) bond motifs is 1. The van der Waals surface area contributed by atoms with Crippen LogP contribution in [0.2, 0.25) is 0 Å². The average Bonchev–Trinajstić information content (AvgIpc) is 2.71. The summed E-state index contributed by atoms with van der Waals surface area (Å²) in [6.07, 6.45) is 0. The fourth-order valence-electron chi connectivity index (χ4n) is 2.80. The fraction of sp³-hybridized carbons (Fsp3) is 0.182. The lowest BCUT2D eigenvalue weighted by molar-refractivity contribution is -0.119. The molecule has 0 unspecified atom stereocenters. The highest BCUT2D eigenvalue weighted by molar-refractivity contribution is 6.00. The van der Waals surface area contributed by atoms with Crippen LogP contribution < -0.4 is 15.0 Å². The Morgan fingerprint density at radius 2 is 1.61 bits per heavy atom. The summed E-state index contributed by atoms with van der Waals surface area (Å²) in [5, 5.41) is 4.55. The van der Waals surface area contributed by atoms with E-state index in [0.29, 0.717) is 11.4 Å². The number of anilines is 2. The Hall–Kier alpha value is -3.54. The van der Waals surface area contributed by atoms with E-state index >= 15 is 0 Å². The van der Waals surface area contributed by atoms with Crippen LogP contribution in [0.1, 0.15) is 10.4 Å². The molecule has 3 aromatic carbocycles. The largest absolute Gasteiger partial charge is 0.496 e. The van der Waals surface area contributed by atoms with Crippen molar-refractivity contribution >= 4 is 34.0 Å². The monoisotopic (exact) mass is 378 g/mol. The Balaban J connectivity index is 1.64. The summed E-state index contributed by atoms with van der Waals surface area (Å²) in [7, 11) is 5.37. The Labute approximate surface area is 163 Å². The fourth-order valence-corrected chi connectivity index (χ4v) is 2.80. The highest BCUT2D eigenvalue weighted by Gasteiger charge is 2.16. The maximum absolute atomic E-state index is 12.5. The van der Waals surface area contributed by atoms with Gasteiger partial charge in [0.15, 0.2) is 6.61 Å². The number of ether oxygens (including phenoxy) is 2. The van der Waals surface area contributed by atoms with Gasteiger partial charge < -0.3 is 19.7 Å². The van der Waals surface area contributed by atoms with E-state index in [1.165, 1.54) is 7.11 Å². The van der Waals surface area contributed by atoms with Crippen LogP contribution in [-0.2, 0) is 9.53 Å². The van der Waals surface area contributed by atoms with E-state index in [9.17, 15) is 9.59 Å². The molecule has 6 nitrogen and oxygen atoms in total. The first-order valence-corrected chi connectivity index (χ1v) is 8.79. The summed E-state index contributed by atoms with van der Waals surface area (Å²) in [5.41, 5.74) is 1.94. The van der Waals surface area contributed by atoms with Gasteiger partial charge in [-0.1, -0.05) is 24.3 Å². The highest BCUT2D eigenvalue weighted by atomic mass is 16.5. The lowest BCUT2D eigenvalue weighted by atomic mass is 10.1. The molecule has 0 spiro atoms. The first kappa shape index (κ1) is 19.2. The van der Waals surface area contributed by atoms with Crippen molar-refractivity contribution in [3.63, 3.8) is 0 Å². The molecule has 1 N–H and O–H groups in total. The molecular formula is C22H22N2O4. The van der Waals surface area contributed by atoms with Gasteiger partial charge in [-0.25, -0.2) is 4.79 Å². The zero-order valence-electron chi connectivity index (χ0n) is 16.1. The number of esters is 1. The standard InChI is InChI=1S/C22H22N2O4/c1-24(2)18-10-8-17(9-11-18)23-21(25)14-28-22(26)19-12-15-6-4-5-7-16(15)13-20(19)27-3/h4-13H,14H2,1-3H3,(H,23,25). The minimum Gasteiger partial charge on any atom is -0.496 e. The molecule has 0 aliphatic rings. The van der Waals surface area contributed by atoms with Gasteiger partial charge in [-0.15, -0.1) is 0 Å². The number of benzene rings is 3. The Bertz CT molecular complexity index is 997. The molecule has 1 amide bonds. The van der Waals surface area contributed by atoms with Gasteiger partial charge in [-0.05, 0) is 47.2 Å². The van der Waals surface area contributed by atoms with Crippen LogP contribution in [0.3, 0.4) is 0 Å². The summed E-state index contributed by atoms with van der Waals surface area (Å²) in [5.74, 6) is -0.616. The maximum Gasteiger partial charge on any atom is 0.342 e. The molecule has 3 rings (SSSR count). The lowest BCUT2D eigenvalue weighted by Crippen LogP contribution is -2.21. The van der Waals surface area contributed by atoms with Crippen LogP contribution in [-0.4, -0.2) is 39.7 Å². The van der Waals surface area contributed by atoms with Crippen LogP contribution in [0.5, 0.6) is 5.75 Å². The second kappa shape index (κ2) is 8.43. The molecule has 0 heterocycles. The van der Waals surface area contributed by atoms with Gasteiger partial charge in [-0.2, -0.15) is 0 Å². The quantitative estimate of drug-likeness (QED) is 0.663. The van der Waals surface area contributed by atoms with E-state index in [-0.39, 0.29) is 12.2 Å². The third-order valence-electron chi connectivity index (χ3n) is 4.29. The highest BCUT2D eigenvalue weighted by Crippen LogP contribution is 2.26. The van der Waals surface area contributed by atoms with Crippen molar-refractivity contribution in [2.45, 2.75) is 0 Å². The molecule has 0 saturated heterocycles. The molecule has 0 bridgehead atoms. The van der Waals surface area contributed by atoms with Crippen LogP contribution in [0, 0.1) is 0 Å². The number of carbonyl (C=O) groups is 2. The minimum absolute atomic E-state index is 0.282. The van der Waals surface area contributed by atoms with E-state index in [4.69, 9.17) is 9.47 Å². The maximum atomic E-state index is 12.5. The Kier molecular flexibility index (Phi) is 5.79. The normalized spacial score (nSPS) is 10.4. The summed E-state index contributed by atoms with van der Waals surface area (Å²) in [6.45, 7) is -0.385. The number of rotatable bonds is 6. The third-order valence-corrected chi connectivity index (χ3v) is 4.29. The minimum atomic E-state index is -0.610. The van der Waals surface area contributed by atoms with Crippen LogP contribution in [0.25, 0.3) is 10.8 Å². The second-order valence-electron chi connectivity index (χ2n) is 6.47. The summed E-state index contributed by atoms with van der Waals surface area (Å²) in [4.78, 5) is 26.5. The number of nitrogens with one attached hydrogen (secondary N) is 1. The smallest absolute Gasteiger partial charge is 0.342 e. The van der Waals surface area contributed by atoms with Crippen LogP contribution in [0.4, 0.5) is 11.4 Å². The van der Waals surface area contributed by atoms with Gasteiger partial charge in [0, 0.05) is 25.5 Å². The zero-order valence-corrected chi connectivity index (χ0v) is 16.1. The number of nitrogens with zero attached hydrogens (tertiary/aromatic N) is 1. The van der Waals surface area contributed by atoms with E-state index in [1.54, 1.807) is 24.3 Å². The van der Waals surface area contributed by atoms with Gasteiger partial charge in [0.1, 0.15) is 11.3 Å². The summed E-state index contributed by atoms with van der Waals surface area (Å²) >= 11 is 0. The molecule has 0 aliphatic carbocycles. The van der Waals surface area contributed by atoms with Gasteiger partial charge >= 0.3 is 5.97 Å². The van der Waals surface area contributed by atoms with Gasteiger partial charge in [0.05, 0.1) is 7.11 Å². The number of hydrogen-bond acceptors (Lipinski definition) is 5. The van der Waals surface area contributed by atoms with Gasteiger partial charge in [0.2, 0.25) is 0 Å². The van der Waals surface area contributed by atoms with Gasteiger partial charge in [0.25, 0.3) is 5.91 Å². The summed E-state index contributed by atoms with van der Waals surface area (Å²) < 4.78 is 10.5. The lowest BCUT2D eigenvalue weighted by Gasteiger charge is -2.13. The molecule has 144 valence electrons. The molecule has 0 atom stereocenters.